The highest BCUT2D eigenvalue weighted by molar-refractivity contribution is 6.07. The molecular weight excluding hydrogens is 244 g/mol. The van der Waals surface area contributed by atoms with Crippen molar-refractivity contribution in [3.8, 4) is 0 Å². The number of hydrogen-bond donors (Lipinski definition) is 2. The molecular formula is C14H24N2O3. The molecule has 1 saturated heterocycles. The van der Waals surface area contributed by atoms with E-state index < -0.39 is 5.54 Å². The number of imide groups is 1. The van der Waals surface area contributed by atoms with E-state index in [-0.39, 0.29) is 30.4 Å². The van der Waals surface area contributed by atoms with Crippen molar-refractivity contribution in [2.75, 3.05) is 13.2 Å². The molecule has 2 fully saturated rings. The lowest BCUT2D eigenvalue weighted by atomic mass is 9.67. The van der Waals surface area contributed by atoms with Crippen LogP contribution in [0.1, 0.15) is 46.0 Å². The van der Waals surface area contributed by atoms with Gasteiger partial charge < -0.3 is 10.4 Å². The van der Waals surface area contributed by atoms with Gasteiger partial charge in [0.05, 0.1) is 0 Å². The number of unbranched alkanes of at least 4 members (excludes halogenated alkanes) is 1. The Hall–Kier alpha value is -1.10. The Kier molecular flexibility index (Phi) is 4.13. The zero-order valence-corrected chi connectivity index (χ0v) is 11.8. The summed E-state index contributed by atoms with van der Waals surface area (Å²) >= 11 is 0. The largest absolute Gasteiger partial charge is 0.396 e. The molecule has 2 N–H and O–H groups in total. The zero-order chi connectivity index (χ0) is 14.0. The standard InChI is InChI=1S/C14H24N2O3/c1-10-6-5-7-11(2)14(10)12(18)16(13(19)15-14)8-3-4-9-17/h10-11,17H,3-9H2,1-2H3,(H,15,19). The number of nitrogens with one attached hydrogen (secondary N) is 1. The first-order valence-corrected chi connectivity index (χ1v) is 7.29. The Morgan fingerprint density at radius 1 is 1.26 bits per heavy atom. The number of aliphatic hydroxyl groups is 1. The van der Waals surface area contributed by atoms with E-state index in [4.69, 9.17) is 5.11 Å². The van der Waals surface area contributed by atoms with Gasteiger partial charge in [-0.3, -0.25) is 9.69 Å². The van der Waals surface area contributed by atoms with Gasteiger partial charge in [-0.05, 0) is 37.5 Å². The maximum atomic E-state index is 12.7. The zero-order valence-electron chi connectivity index (χ0n) is 11.8. The molecule has 19 heavy (non-hydrogen) atoms. The molecule has 0 aromatic heterocycles. The van der Waals surface area contributed by atoms with Crippen LogP contribution in [0.3, 0.4) is 0 Å². The molecule has 0 bridgehead atoms. The van der Waals surface area contributed by atoms with Gasteiger partial charge in [0.1, 0.15) is 5.54 Å². The smallest absolute Gasteiger partial charge is 0.325 e. The minimum Gasteiger partial charge on any atom is -0.396 e. The quantitative estimate of drug-likeness (QED) is 0.600. The minimum atomic E-state index is -0.686. The Morgan fingerprint density at radius 3 is 2.47 bits per heavy atom. The first kappa shape index (κ1) is 14.3. The molecule has 3 amide bonds. The van der Waals surface area contributed by atoms with Crippen LogP contribution < -0.4 is 5.32 Å². The Balaban J connectivity index is 2.15. The van der Waals surface area contributed by atoms with Crippen LogP contribution in [0.25, 0.3) is 0 Å². The third-order valence-electron chi connectivity index (χ3n) is 4.78. The summed E-state index contributed by atoms with van der Waals surface area (Å²) in [4.78, 5) is 26.1. The van der Waals surface area contributed by atoms with Crippen LogP contribution >= 0.6 is 0 Å². The van der Waals surface area contributed by atoms with E-state index in [1.807, 2.05) is 0 Å². The van der Waals surface area contributed by atoms with Crippen LogP contribution in [0.4, 0.5) is 4.79 Å². The fourth-order valence-electron chi connectivity index (χ4n) is 3.54. The average Bonchev–Trinajstić information content (AvgIpc) is 2.62. The first-order chi connectivity index (χ1) is 9.04. The summed E-state index contributed by atoms with van der Waals surface area (Å²) < 4.78 is 0. The summed E-state index contributed by atoms with van der Waals surface area (Å²) in [6, 6.07) is -0.261. The Morgan fingerprint density at radius 2 is 1.89 bits per heavy atom. The predicted octanol–water partition coefficient (Wildman–Crippen LogP) is 1.51. The van der Waals surface area contributed by atoms with Crippen molar-refractivity contribution in [1.82, 2.24) is 10.2 Å². The second-order valence-electron chi connectivity index (χ2n) is 5.92. The van der Waals surface area contributed by atoms with Crippen LogP contribution in [-0.2, 0) is 4.79 Å². The summed E-state index contributed by atoms with van der Waals surface area (Å²) in [5.41, 5.74) is -0.686. The van der Waals surface area contributed by atoms with Crippen molar-refractivity contribution in [3.63, 3.8) is 0 Å². The fourth-order valence-corrected chi connectivity index (χ4v) is 3.54. The van der Waals surface area contributed by atoms with Gasteiger partial charge >= 0.3 is 6.03 Å². The normalized spacial score (nSPS) is 35.0. The topological polar surface area (TPSA) is 69.6 Å². The van der Waals surface area contributed by atoms with Crippen LogP contribution in [0.5, 0.6) is 0 Å². The summed E-state index contributed by atoms with van der Waals surface area (Å²) in [6.45, 7) is 4.63. The number of nitrogens with zero attached hydrogens (tertiary/aromatic N) is 1. The van der Waals surface area contributed by atoms with Crippen molar-refractivity contribution in [1.29, 1.82) is 0 Å². The Labute approximate surface area is 114 Å². The van der Waals surface area contributed by atoms with E-state index in [1.54, 1.807) is 0 Å². The molecule has 0 aromatic rings. The molecule has 2 rings (SSSR count). The highest BCUT2D eigenvalue weighted by Crippen LogP contribution is 2.42. The van der Waals surface area contributed by atoms with Crippen LogP contribution in [-0.4, -0.2) is 40.6 Å². The number of hydrogen-bond acceptors (Lipinski definition) is 3. The van der Waals surface area contributed by atoms with E-state index >= 15 is 0 Å². The number of carbonyl (C=O) groups is 2. The molecule has 108 valence electrons. The van der Waals surface area contributed by atoms with Crippen molar-refractivity contribution < 1.29 is 14.7 Å². The molecule has 1 saturated carbocycles. The molecule has 0 radical (unpaired) electrons. The minimum absolute atomic E-state index is 0.0601. The fraction of sp³-hybridized carbons (Fsp3) is 0.857. The van der Waals surface area contributed by atoms with E-state index in [9.17, 15) is 9.59 Å². The lowest BCUT2D eigenvalue weighted by Gasteiger charge is -2.42. The second kappa shape index (κ2) is 5.49. The number of rotatable bonds is 4. The van der Waals surface area contributed by atoms with E-state index in [2.05, 4.69) is 19.2 Å². The van der Waals surface area contributed by atoms with Gasteiger partial charge in [0, 0.05) is 13.2 Å². The van der Waals surface area contributed by atoms with Crippen LogP contribution in [0, 0.1) is 11.8 Å². The van der Waals surface area contributed by atoms with E-state index in [0.717, 1.165) is 19.3 Å². The predicted molar refractivity (Wildman–Crippen MR) is 71.5 cm³/mol. The van der Waals surface area contributed by atoms with Crippen molar-refractivity contribution in [3.05, 3.63) is 0 Å². The van der Waals surface area contributed by atoms with Gasteiger partial charge in [-0.2, -0.15) is 0 Å². The highest BCUT2D eigenvalue weighted by Gasteiger charge is 2.57. The summed E-state index contributed by atoms with van der Waals surface area (Å²) in [5, 5.41) is 11.8. The molecule has 0 aromatic carbocycles. The SMILES string of the molecule is CC1CCCC(C)C12NC(=O)N(CCCCO)C2=O. The highest BCUT2D eigenvalue weighted by atomic mass is 16.3. The lowest BCUT2D eigenvalue weighted by molar-refractivity contribution is -0.136. The first-order valence-electron chi connectivity index (χ1n) is 7.29. The van der Waals surface area contributed by atoms with Gasteiger partial charge in [-0.1, -0.05) is 20.3 Å². The lowest BCUT2D eigenvalue weighted by Crippen LogP contribution is -2.58. The molecule has 1 aliphatic heterocycles. The molecule has 5 heteroatoms. The van der Waals surface area contributed by atoms with E-state index in [0.29, 0.717) is 19.4 Å². The maximum absolute atomic E-state index is 12.7. The summed E-state index contributed by atoms with van der Waals surface area (Å²) in [7, 11) is 0. The Bertz CT molecular complexity index is 360. The monoisotopic (exact) mass is 268 g/mol. The number of urea groups is 1. The third kappa shape index (κ3) is 2.24. The van der Waals surface area contributed by atoms with Crippen molar-refractivity contribution in [2.45, 2.75) is 51.5 Å². The van der Waals surface area contributed by atoms with Gasteiger partial charge in [0.2, 0.25) is 0 Å². The molecule has 2 atom stereocenters. The van der Waals surface area contributed by atoms with Crippen molar-refractivity contribution >= 4 is 11.9 Å². The average molecular weight is 268 g/mol. The van der Waals surface area contributed by atoms with Gasteiger partial charge in [-0.25, -0.2) is 4.79 Å². The summed E-state index contributed by atoms with van der Waals surface area (Å²) in [6.07, 6.45) is 4.38. The third-order valence-corrected chi connectivity index (χ3v) is 4.78. The molecule has 1 heterocycles. The maximum Gasteiger partial charge on any atom is 0.325 e. The number of amides is 3. The molecule has 1 aliphatic carbocycles. The molecule has 2 unspecified atom stereocenters. The molecule has 1 spiro atoms. The van der Waals surface area contributed by atoms with Crippen LogP contribution in [0.2, 0.25) is 0 Å². The van der Waals surface area contributed by atoms with Crippen molar-refractivity contribution in [2.24, 2.45) is 11.8 Å². The number of aliphatic hydroxyl groups excluding tert-OH is 1. The summed E-state index contributed by atoms with van der Waals surface area (Å²) in [5.74, 6) is 0.321. The molecule has 2 aliphatic rings. The second-order valence-corrected chi connectivity index (χ2v) is 5.92. The molecule has 5 nitrogen and oxygen atoms in total. The number of carbonyl (C=O) groups excluding carboxylic acids is 2. The van der Waals surface area contributed by atoms with E-state index in [1.165, 1.54) is 4.90 Å². The van der Waals surface area contributed by atoms with Gasteiger partial charge in [0.15, 0.2) is 0 Å². The van der Waals surface area contributed by atoms with Gasteiger partial charge in [0.25, 0.3) is 5.91 Å². The van der Waals surface area contributed by atoms with Crippen LogP contribution in [0.15, 0.2) is 0 Å². The van der Waals surface area contributed by atoms with Gasteiger partial charge in [-0.15, -0.1) is 0 Å².